The third-order valence-corrected chi connectivity index (χ3v) is 21.5. The SMILES string of the molecule is CCCCCCC[Si](C)(C)O[Si](C)(C)O[Si](C)(C)O[Si](C)(C)Cc1ccc(-c2ccc(C#N)cc2)cc1. The highest BCUT2D eigenvalue weighted by atomic mass is 28.5. The number of nitrogens with zero attached hydrogens (tertiary/aromatic N) is 1. The molecule has 2 aromatic rings. The van der Waals surface area contributed by atoms with Gasteiger partial charge in [0.1, 0.15) is 0 Å². The van der Waals surface area contributed by atoms with Crippen molar-refractivity contribution in [2.45, 2.75) is 103 Å². The highest BCUT2D eigenvalue weighted by Crippen LogP contribution is 2.28. The van der Waals surface area contributed by atoms with E-state index in [0.29, 0.717) is 5.56 Å². The van der Waals surface area contributed by atoms with Crippen LogP contribution in [0.4, 0.5) is 0 Å². The zero-order chi connectivity index (χ0) is 27.7. The molecule has 204 valence electrons. The van der Waals surface area contributed by atoms with Crippen molar-refractivity contribution in [1.82, 2.24) is 0 Å². The molecule has 0 heterocycles. The molecule has 4 nitrogen and oxygen atoms in total. The number of rotatable bonds is 15. The third kappa shape index (κ3) is 11.9. The van der Waals surface area contributed by atoms with Gasteiger partial charge in [-0.05, 0) is 93.3 Å². The van der Waals surface area contributed by atoms with E-state index in [1.807, 2.05) is 24.3 Å². The van der Waals surface area contributed by atoms with Crippen LogP contribution in [0.5, 0.6) is 0 Å². The maximum Gasteiger partial charge on any atom is 0.312 e. The summed E-state index contributed by atoms with van der Waals surface area (Å²) in [5.74, 6) is 0. The third-order valence-electron chi connectivity index (χ3n) is 6.35. The molecular formula is C29H49NO3Si4. The molecule has 2 rings (SSSR count). The predicted octanol–water partition coefficient (Wildman–Crippen LogP) is 9.14. The Hall–Kier alpha value is -1.32. The van der Waals surface area contributed by atoms with E-state index in [9.17, 15) is 0 Å². The van der Waals surface area contributed by atoms with Crippen LogP contribution in [-0.2, 0) is 18.4 Å². The van der Waals surface area contributed by atoms with Gasteiger partial charge in [-0.1, -0.05) is 75.4 Å². The number of hydrogen-bond donors (Lipinski definition) is 0. The largest absolute Gasteiger partial charge is 0.436 e. The van der Waals surface area contributed by atoms with E-state index in [4.69, 9.17) is 17.6 Å². The average molecular weight is 572 g/mol. The lowest BCUT2D eigenvalue weighted by atomic mass is 10.0. The number of benzene rings is 2. The smallest absolute Gasteiger partial charge is 0.312 e. The van der Waals surface area contributed by atoms with Gasteiger partial charge in [-0.3, -0.25) is 0 Å². The molecule has 0 spiro atoms. The molecule has 0 fully saturated rings. The molecule has 2 aromatic carbocycles. The maximum atomic E-state index is 9.02. The summed E-state index contributed by atoms with van der Waals surface area (Å²) in [7, 11) is -8.41. The van der Waals surface area contributed by atoms with Crippen molar-refractivity contribution in [2.75, 3.05) is 0 Å². The number of hydrogen-bond acceptors (Lipinski definition) is 4. The molecular weight excluding hydrogens is 523 g/mol. The zero-order valence-electron chi connectivity index (χ0n) is 24.7. The number of nitriles is 1. The van der Waals surface area contributed by atoms with Crippen LogP contribution in [0.2, 0.25) is 58.4 Å². The van der Waals surface area contributed by atoms with Gasteiger partial charge >= 0.3 is 17.1 Å². The van der Waals surface area contributed by atoms with E-state index in [1.54, 1.807) is 0 Å². The first-order valence-electron chi connectivity index (χ1n) is 13.9. The minimum absolute atomic E-state index is 0.684. The molecule has 0 N–H and O–H groups in total. The Morgan fingerprint density at radius 1 is 0.622 bits per heavy atom. The summed E-state index contributed by atoms with van der Waals surface area (Å²) in [6.45, 7) is 20.3. The van der Waals surface area contributed by atoms with Crippen LogP contribution in [0.25, 0.3) is 11.1 Å². The maximum absolute atomic E-state index is 9.02. The molecule has 0 unspecified atom stereocenters. The van der Waals surface area contributed by atoms with Gasteiger partial charge in [0.25, 0.3) is 0 Å². The van der Waals surface area contributed by atoms with Crippen LogP contribution >= 0.6 is 0 Å². The second-order valence-corrected chi connectivity index (χ2v) is 28.3. The van der Waals surface area contributed by atoms with Gasteiger partial charge < -0.3 is 12.3 Å². The Balaban J connectivity index is 1.94. The zero-order valence-corrected chi connectivity index (χ0v) is 28.7. The molecule has 0 aliphatic heterocycles. The summed E-state index contributed by atoms with van der Waals surface area (Å²) < 4.78 is 20.4. The molecule has 0 bridgehead atoms. The van der Waals surface area contributed by atoms with Gasteiger partial charge in [0.15, 0.2) is 16.6 Å². The summed E-state index contributed by atoms with van der Waals surface area (Å²) in [5.41, 5.74) is 4.26. The topological polar surface area (TPSA) is 51.5 Å². The fraction of sp³-hybridized carbons (Fsp3) is 0.552. The highest BCUT2D eigenvalue weighted by molar-refractivity contribution is 6.89. The van der Waals surface area contributed by atoms with E-state index in [1.165, 1.54) is 43.7 Å². The van der Waals surface area contributed by atoms with Crippen LogP contribution in [0.15, 0.2) is 48.5 Å². The van der Waals surface area contributed by atoms with Crippen LogP contribution in [0, 0.1) is 11.3 Å². The van der Waals surface area contributed by atoms with E-state index in [-0.39, 0.29) is 0 Å². The fourth-order valence-corrected chi connectivity index (χ4v) is 24.7. The van der Waals surface area contributed by atoms with E-state index < -0.39 is 33.8 Å². The van der Waals surface area contributed by atoms with Crippen molar-refractivity contribution in [3.63, 3.8) is 0 Å². The molecule has 0 saturated heterocycles. The molecule has 0 aliphatic carbocycles. The summed E-state index contributed by atoms with van der Waals surface area (Å²) in [4.78, 5) is 0. The fourth-order valence-electron chi connectivity index (χ4n) is 5.25. The lowest BCUT2D eigenvalue weighted by molar-refractivity contribution is 0.327. The summed E-state index contributed by atoms with van der Waals surface area (Å²) in [6.07, 6.45) is 6.54. The Morgan fingerprint density at radius 3 is 1.62 bits per heavy atom. The molecule has 0 aromatic heterocycles. The number of unbranched alkanes of at least 4 members (excludes halogenated alkanes) is 4. The quantitative estimate of drug-likeness (QED) is 0.158. The Morgan fingerprint density at radius 2 is 1.11 bits per heavy atom. The molecule has 0 aliphatic rings. The van der Waals surface area contributed by atoms with Crippen molar-refractivity contribution < 1.29 is 12.3 Å². The Bertz CT molecular complexity index is 1010. The molecule has 0 amide bonds. The predicted molar refractivity (Wildman–Crippen MR) is 167 cm³/mol. The first-order chi connectivity index (χ1) is 17.2. The van der Waals surface area contributed by atoms with Gasteiger partial charge in [-0.2, -0.15) is 5.26 Å². The summed E-state index contributed by atoms with van der Waals surface area (Å²) in [6, 6.07) is 20.8. The van der Waals surface area contributed by atoms with E-state index in [0.717, 1.165) is 17.2 Å². The molecule has 0 saturated carbocycles. The van der Waals surface area contributed by atoms with Crippen LogP contribution in [0.3, 0.4) is 0 Å². The summed E-state index contributed by atoms with van der Waals surface area (Å²) in [5, 5.41) is 9.02. The molecule has 8 heteroatoms. The first kappa shape index (κ1) is 31.9. The first-order valence-corrected chi connectivity index (χ1v) is 25.7. The second-order valence-electron chi connectivity index (χ2n) is 12.4. The molecule has 37 heavy (non-hydrogen) atoms. The van der Waals surface area contributed by atoms with Gasteiger partial charge in [0.2, 0.25) is 0 Å². The average Bonchev–Trinajstić information content (AvgIpc) is 2.76. The minimum Gasteiger partial charge on any atom is -0.436 e. The monoisotopic (exact) mass is 571 g/mol. The van der Waals surface area contributed by atoms with Crippen LogP contribution < -0.4 is 0 Å². The van der Waals surface area contributed by atoms with Crippen molar-refractivity contribution in [2.24, 2.45) is 0 Å². The minimum atomic E-state index is -2.35. The summed E-state index contributed by atoms with van der Waals surface area (Å²) >= 11 is 0. The highest BCUT2D eigenvalue weighted by Gasteiger charge is 2.43. The van der Waals surface area contributed by atoms with Crippen LogP contribution in [-0.4, -0.2) is 33.8 Å². The van der Waals surface area contributed by atoms with Gasteiger partial charge in [0.05, 0.1) is 11.6 Å². The normalized spacial score (nSPS) is 13.0. The molecule has 0 radical (unpaired) electrons. The lowest BCUT2D eigenvalue weighted by Crippen LogP contribution is -2.56. The van der Waals surface area contributed by atoms with Gasteiger partial charge in [-0.25, -0.2) is 0 Å². The van der Waals surface area contributed by atoms with E-state index in [2.05, 4.69) is 89.6 Å². The Kier molecular flexibility index (Phi) is 11.8. The second kappa shape index (κ2) is 13.7. The van der Waals surface area contributed by atoms with Crippen molar-refractivity contribution in [3.05, 3.63) is 59.7 Å². The van der Waals surface area contributed by atoms with Gasteiger partial charge in [0, 0.05) is 0 Å². The Labute approximate surface area is 231 Å². The van der Waals surface area contributed by atoms with Gasteiger partial charge in [-0.15, -0.1) is 0 Å². The van der Waals surface area contributed by atoms with E-state index >= 15 is 0 Å². The lowest BCUT2D eigenvalue weighted by Gasteiger charge is -2.41. The van der Waals surface area contributed by atoms with Crippen molar-refractivity contribution in [3.8, 4) is 17.2 Å². The van der Waals surface area contributed by atoms with Crippen molar-refractivity contribution >= 4 is 33.8 Å². The standard InChI is InChI=1S/C29H49NO3Si4/c1-10-11-12-13-14-23-34(2,3)31-36(6,7)33-37(8,9)32-35(4,5)25-27-17-21-29(22-18-27)28-19-15-26(24-30)16-20-28/h15-22H,10-14,23,25H2,1-9H3. The van der Waals surface area contributed by atoms with Crippen LogP contribution in [0.1, 0.15) is 50.2 Å². The molecule has 0 atom stereocenters. The van der Waals surface area contributed by atoms with Crippen molar-refractivity contribution in [1.29, 1.82) is 5.26 Å².